The zero-order valence-corrected chi connectivity index (χ0v) is 17.4. The van der Waals surface area contributed by atoms with E-state index in [4.69, 9.17) is 9.47 Å². The molecule has 1 aliphatic heterocycles. The summed E-state index contributed by atoms with van der Waals surface area (Å²) in [6.45, 7) is 4.18. The molecule has 2 N–H and O–H groups in total. The standard InChI is InChI=1S/C21H29N3O3S/c1-26-18-6-5-16(14-19(18)27-2)15-23-21(25)22-9-12-24-10-7-17(8-11-24)20-4-3-13-28-20/h3-6,13-14,17H,7-12,15H2,1-2H3,(H2,22,23,25). The number of hydrogen-bond acceptors (Lipinski definition) is 5. The highest BCUT2D eigenvalue weighted by Gasteiger charge is 2.20. The number of hydrogen-bond donors (Lipinski definition) is 2. The second kappa shape index (κ2) is 10.3. The third-order valence-corrected chi connectivity index (χ3v) is 6.18. The summed E-state index contributed by atoms with van der Waals surface area (Å²) in [6.07, 6.45) is 2.40. The largest absolute Gasteiger partial charge is 0.493 e. The lowest BCUT2D eigenvalue weighted by Crippen LogP contribution is -2.42. The van der Waals surface area contributed by atoms with Crippen molar-refractivity contribution in [2.75, 3.05) is 40.4 Å². The summed E-state index contributed by atoms with van der Waals surface area (Å²) in [4.78, 5) is 16.0. The Morgan fingerprint density at radius 3 is 2.61 bits per heavy atom. The Hall–Kier alpha value is -2.25. The molecule has 0 saturated carbocycles. The fourth-order valence-corrected chi connectivity index (χ4v) is 4.43. The van der Waals surface area contributed by atoms with Crippen molar-refractivity contribution in [3.63, 3.8) is 0 Å². The number of nitrogens with zero attached hydrogens (tertiary/aromatic N) is 1. The van der Waals surface area contributed by atoms with E-state index >= 15 is 0 Å². The van der Waals surface area contributed by atoms with E-state index in [1.54, 1.807) is 14.2 Å². The number of methoxy groups -OCH3 is 2. The van der Waals surface area contributed by atoms with Crippen molar-refractivity contribution in [3.05, 3.63) is 46.2 Å². The molecule has 2 aromatic rings. The highest BCUT2D eigenvalue weighted by atomic mass is 32.1. The van der Waals surface area contributed by atoms with Gasteiger partial charge in [0.15, 0.2) is 11.5 Å². The molecule has 0 spiro atoms. The van der Waals surface area contributed by atoms with Crippen molar-refractivity contribution in [1.82, 2.24) is 15.5 Å². The van der Waals surface area contributed by atoms with Gasteiger partial charge in [0.2, 0.25) is 0 Å². The molecule has 2 heterocycles. The molecule has 7 heteroatoms. The Morgan fingerprint density at radius 1 is 1.14 bits per heavy atom. The normalized spacial score (nSPS) is 15.2. The smallest absolute Gasteiger partial charge is 0.315 e. The van der Waals surface area contributed by atoms with Crippen LogP contribution in [0.1, 0.15) is 29.2 Å². The zero-order valence-electron chi connectivity index (χ0n) is 16.6. The third-order valence-electron chi connectivity index (χ3n) is 5.15. The molecule has 3 rings (SSSR count). The topological polar surface area (TPSA) is 62.8 Å². The molecule has 0 radical (unpaired) electrons. The zero-order chi connectivity index (χ0) is 19.8. The molecule has 2 amide bonds. The van der Waals surface area contributed by atoms with Crippen molar-refractivity contribution in [2.24, 2.45) is 0 Å². The average molecular weight is 404 g/mol. The predicted molar refractivity (Wildman–Crippen MR) is 113 cm³/mol. The minimum Gasteiger partial charge on any atom is -0.493 e. The molecule has 1 aromatic carbocycles. The summed E-state index contributed by atoms with van der Waals surface area (Å²) in [6, 6.07) is 9.86. The van der Waals surface area contributed by atoms with Gasteiger partial charge < -0.3 is 25.0 Å². The summed E-state index contributed by atoms with van der Waals surface area (Å²) in [5, 5.41) is 7.99. The molecular formula is C21H29N3O3S. The second-order valence-electron chi connectivity index (χ2n) is 6.93. The van der Waals surface area contributed by atoms with Crippen molar-refractivity contribution in [2.45, 2.75) is 25.3 Å². The van der Waals surface area contributed by atoms with Gasteiger partial charge in [-0.1, -0.05) is 12.1 Å². The van der Waals surface area contributed by atoms with Gasteiger partial charge in [-0.05, 0) is 61.0 Å². The van der Waals surface area contributed by atoms with Crippen LogP contribution < -0.4 is 20.1 Å². The number of benzene rings is 1. The fourth-order valence-electron chi connectivity index (χ4n) is 3.53. The molecule has 1 saturated heterocycles. The summed E-state index contributed by atoms with van der Waals surface area (Å²) in [7, 11) is 3.21. The lowest BCUT2D eigenvalue weighted by molar-refractivity contribution is 0.209. The third kappa shape index (κ3) is 5.62. The van der Waals surface area contributed by atoms with Crippen LogP contribution in [-0.2, 0) is 6.54 Å². The molecule has 6 nitrogen and oxygen atoms in total. The first-order chi connectivity index (χ1) is 13.7. The Balaban J connectivity index is 1.33. The Morgan fingerprint density at radius 2 is 1.93 bits per heavy atom. The molecular weight excluding hydrogens is 374 g/mol. The Bertz CT molecular complexity index is 743. The number of likely N-dealkylation sites (tertiary alicyclic amines) is 1. The summed E-state index contributed by atoms with van der Waals surface area (Å²) in [5.41, 5.74) is 0.962. The maximum atomic E-state index is 12.0. The van der Waals surface area contributed by atoms with E-state index in [9.17, 15) is 4.79 Å². The number of ether oxygens (including phenoxy) is 2. The average Bonchev–Trinajstić information content (AvgIpc) is 3.27. The van der Waals surface area contributed by atoms with Crippen molar-refractivity contribution in [3.8, 4) is 11.5 Å². The molecule has 152 valence electrons. The minimum absolute atomic E-state index is 0.150. The van der Waals surface area contributed by atoms with Gasteiger partial charge in [-0.25, -0.2) is 4.79 Å². The van der Waals surface area contributed by atoms with Gasteiger partial charge in [-0.15, -0.1) is 11.3 Å². The molecule has 1 aromatic heterocycles. The van der Waals surface area contributed by atoms with Crippen LogP contribution >= 0.6 is 11.3 Å². The van der Waals surface area contributed by atoms with Crippen LogP contribution in [0.4, 0.5) is 4.79 Å². The van der Waals surface area contributed by atoms with Crippen LogP contribution in [0.3, 0.4) is 0 Å². The molecule has 0 unspecified atom stereocenters. The first-order valence-corrected chi connectivity index (χ1v) is 10.6. The number of carbonyl (C=O) groups is 1. The van der Waals surface area contributed by atoms with Crippen molar-refractivity contribution < 1.29 is 14.3 Å². The maximum Gasteiger partial charge on any atom is 0.315 e. The van der Waals surface area contributed by atoms with Crippen molar-refractivity contribution >= 4 is 17.4 Å². The second-order valence-corrected chi connectivity index (χ2v) is 7.91. The minimum atomic E-state index is -0.150. The van der Waals surface area contributed by atoms with E-state index in [0.717, 1.165) is 25.2 Å². The van der Waals surface area contributed by atoms with Crippen molar-refractivity contribution in [1.29, 1.82) is 0 Å². The fraction of sp³-hybridized carbons (Fsp3) is 0.476. The van der Waals surface area contributed by atoms with E-state index in [-0.39, 0.29) is 6.03 Å². The molecule has 0 bridgehead atoms. The number of nitrogens with one attached hydrogen (secondary N) is 2. The Labute approximate surface area is 170 Å². The lowest BCUT2D eigenvalue weighted by atomic mass is 9.95. The highest BCUT2D eigenvalue weighted by Crippen LogP contribution is 2.30. The number of piperidine rings is 1. The highest BCUT2D eigenvalue weighted by molar-refractivity contribution is 7.10. The van der Waals surface area contributed by atoms with Gasteiger partial charge in [0, 0.05) is 24.5 Å². The quantitative estimate of drug-likeness (QED) is 0.709. The molecule has 0 atom stereocenters. The molecule has 28 heavy (non-hydrogen) atoms. The van der Waals surface area contributed by atoms with Gasteiger partial charge in [-0.3, -0.25) is 0 Å². The van der Waals surface area contributed by atoms with Gasteiger partial charge in [0.1, 0.15) is 0 Å². The van der Waals surface area contributed by atoms with E-state index in [1.165, 1.54) is 17.7 Å². The van der Waals surface area contributed by atoms with E-state index in [0.29, 0.717) is 30.5 Å². The van der Waals surface area contributed by atoms with Crippen LogP contribution in [-0.4, -0.2) is 51.3 Å². The van der Waals surface area contributed by atoms with E-state index in [2.05, 4.69) is 33.0 Å². The number of rotatable bonds is 8. The van der Waals surface area contributed by atoms with Gasteiger partial charge in [0.05, 0.1) is 14.2 Å². The number of urea groups is 1. The summed E-state index contributed by atoms with van der Waals surface area (Å²) >= 11 is 1.86. The maximum absolute atomic E-state index is 12.0. The summed E-state index contributed by atoms with van der Waals surface area (Å²) in [5.74, 6) is 2.04. The van der Waals surface area contributed by atoms with E-state index in [1.807, 2.05) is 29.5 Å². The first kappa shape index (κ1) is 20.5. The predicted octanol–water partition coefficient (Wildman–Crippen LogP) is 3.44. The van der Waals surface area contributed by atoms with Gasteiger partial charge in [0.25, 0.3) is 0 Å². The van der Waals surface area contributed by atoms with Gasteiger partial charge >= 0.3 is 6.03 Å². The van der Waals surface area contributed by atoms with Crippen LogP contribution in [0.15, 0.2) is 35.7 Å². The summed E-state index contributed by atoms with van der Waals surface area (Å²) < 4.78 is 10.5. The number of thiophene rings is 1. The number of carbonyl (C=O) groups excluding carboxylic acids is 1. The van der Waals surface area contributed by atoms with Crippen LogP contribution in [0.2, 0.25) is 0 Å². The number of amides is 2. The molecule has 1 fully saturated rings. The monoisotopic (exact) mass is 403 g/mol. The first-order valence-electron chi connectivity index (χ1n) is 9.68. The van der Waals surface area contributed by atoms with Crippen LogP contribution in [0.25, 0.3) is 0 Å². The SMILES string of the molecule is COc1ccc(CNC(=O)NCCN2CCC(c3cccs3)CC2)cc1OC. The van der Waals surface area contributed by atoms with Crippen LogP contribution in [0, 0.1) is 0 Å². The molecule has 1 aliphatic rings. The van der Waals surface area contributed by atoms with Crippen LogP contribution in [0.5, 0.6) is 11.5 Å². The van der Waals surface area contributed by atoms with Gasteiger partial charge in [-0.2, -0.15) is 0 Å². The van der Waals surface area contributed by atoms with E-state index < -0.39 is 0 Å². The lowest BCUT2D eigenvalue weighted by Gasteiger charge is -2.31. The molecule has 0 aliphatic carbocycles. The Kier molecular flexibility index (Phi) is 7.56.